The molecule has 7 heteroatoms. The van der Waals surface area contributed by atoms with Gasteiger partial charge in [0.2, 0.25) is 0 Å². The molecule has 0 aliphatic carbocycles. The molecule has 0 fully saturated rings. The number of nitrogens with one attached hydrogen (secondary N) is 2. The summed E-state index contributed by atoms with van der Waals surface area (Å²) in [6.45, 7) is 2.92. The van der Waals surface area contributed by atoms with E-state index in [-0.39, 0.29) is 11.4 Å². The lowest BCUT2D eigenvalue weighted by Gasteiger charge is -2.08. The maximum Gasteiger partial charge on any atom is 0.263 e. The van der Waals surface area contributed by atoms with Crippen molar-refractivity contribution in [1.29, 1.82) is 0 Å². The van der Waals surface area contributed by atoms with Gasteiger partial charge < -0.3 is 15.5 Å². The zero-order valence-corrected chi connectivity index (χ0v) is 12.6. The van der Waals surface area contributed by atoms with Crippen LogP contribution in [0.25, 0.3) is 0 Å². The Morgan fingerprint density at radius 3 is 2.57 bits per heavy atom. The monoisotopic (exact) mass is 309 g/mol. The molecule has 0 amide bonds. The van der Waals surface area contributed by atoms with Gasteiger partial charge >= 0.3 is 0 Å². The van der Waals surface area contributed by atoms with Crippen LogP contribution in [0.4, 0.5) is 5.69 Å². The molecule has 21 heavy (non-hydrogen) atoms. The summed E-state index contributed by atoms with van der Waals surface area (Å²) in [6.07, 6.45) is 2.34. The van der Waals surface area contributed by atoms with Crippen molar-refractivity contribution in [2.75, 3.05) is 11.3 Å². The Hall–Kier alpha value is -1.99. The third kappa shape index (κ3) is 3.99. The van der Waals surface area contributed by atoms with E-state index in [2.05, 4.69) is 9.71 Å². The Morgan fingerprint density at radius 2 is 2.00 bits per heavy atom. The second kappa shape index (κ2) is 6.64. The molecular weight excluding hydrogens is 290 g/mol. The molecule has 114 valence electrons. The number of ether oxygens (including phenoxy) is 1. The molecule has 0 unspecified atom stereocenters. The molecule has 4 N–H and O–H groups in total. The van der Waals surface area contributed by atoms with Crippen molar-refractivity contribution in [2.24, 2.45) is 5.73 Å². The fourth-order valence-electron chi connectivity index (χ4n) is 1.75. The molecule has 1 aromatic carbocycles. The zero-order valence-electron chi connectivity index (χ0n) is 11.8. The topological polar surface area (TPSA) is 97.2 Å². The average Bonchev–Trinajstić information content (AvgIpc) is 2.96. The molecular formula is C14H19N3O3S. The van der Waals surface area contributed by atoms with Crippen LogP contribution in [-0.2, 0) is 16.6 Å². The first-order valence-corrected chi connectivity index (χ1v) is 8.16. The first-order valence-electron chi connectivity index (χ1n) is 6.68. The van der Waals surface area contributed by atoms with E-state index in [1.54, 1.807) is 24.3 Å². The zero-order chi connectivity index (χ0) is 15.3. The molecule has 0 spiro atoms. The first-order chi connectivity index (χ1) is 10.0. The summed E-state index contributed by atoms with van der Waals surface area (Å²) in [5, 5.41) is 0. The highest BCUT2D eigenvalue weighted by Gasteiger charge is 2.15. The van der Waals surface area contributed by atoms with Crippen molar-refractivity contribution in [3.63, 3.8) is 0 Å². The Labute approximate surface area is 124 Å². The van der Waals surface area contributed by atoms with Crippen LogP contribution in [-0.4, -0.2) is 20.0 Å². The highest BCUT2D eigenvalue weighted by Crippen LogP contribution is 2.20. The second-order valence-electron chi connectivity index (χ2n) is 4.54. The number of hydrogen-bond acceptors (Lipinski definition) is 4. The summed E-state index contributed by atoms with van der Waals surface area (Å²) < 4.78 is 32.3. The van der Waals surface area contributed by atoms with Crippen LogP contribution in [0, 0.1) is 0 Å². The maximum atomic E-state index is 12.2. The molecule has 1 aromatic heterocycles. The normalized spacial score (nSPS) is 11.3. The molecule has 0 aliphatic heterocycles. The van der Waals surface area contributed by atoms with E-state index in [1.807, 2.05) is 6.92 Å². The summed E-state index contributed by atoms with van der Waals surface area (Å²) in [7, 11) is -3.61. The predicted octanol–water partition coefficient (Wildman–Crippen LogP) is 2.06. The van der Waals surface area contributed by atoms with E-state index < -0.39 is 10.0 Å². The Kier molecular flexibility index (Phi) is 4.87. The van der Waals surface area contributed by atoms with Crippen LogP contribution < -0.4 is 15.2 Å². The van der Waals surface area contributed by atoms with Gasteiger partial charge in [-0.15, -0.1) is 0 Å². The van der Waals surface area contributed by atoms with Crippen LogP contribution in [0.1, 0.15) is 19.0 Å². The largest absolute Gasteiger partial charge is 0.494 e. The van der Waals surface area contributed by atoms with Crippen LogP contribution in [0.2, 0.25) is 0 Å². The Balaban J connectivity index is 2.09. The van der Waals surface area contributed by atoms with Gasteiger partial charge in [0.05, 0.1) is 6.61 Å². The van der Waals surface area contributed by atoms with E-state index in [9.17, 15) is 8.42 Å². The van der Waals surface area contributed by atoms with Gasteiger partial charge in [0.1, 0.15) is 10.6 Å². The lowest BCUT2D eigenvalue weighted by molar-refractivity contribution is 0.317. The smallest absolute Gasteiger partial charge is 0.263 e. The van der Waals surface area contributed by atoms with Crippen LogP contribution in [0.3, 0.4) is 0 Å². The van der Waals surface area contributed by atoms with Gasteiger partial charge in [-0.3, -0.25) is 4.72 Å². The highest BCUT2D eigenvalue weighted by molar-refractivity contribution is 7.92. The van der Waals surface area contributed by atoms with Gasteiger partial charge in [0.15, 0.2) is 0 Å². The Morgan fingerprint density at radius 1 is 1.29 bits per heavy atom. The fourth-order valence-corrected chi connectivity index (χ4v) is 2.82. The lowest BCUT2D eigenvalue weighted by Crippen LogP contribution is -2.12. The van der Waals surface area contributed by atoms with Crippen molar-refractivity contribution in [1.82, 2.24) is 4.98 Å². The number of benzene rings is 1. The molecule has 2 aromatic rings. The van der Waals surface area contributed by atoms with Crippen molar-refractivity contribution in [3.8, 4) is 5.75 Å². The minimum atomic E-state index is -3.61. The molecule has 0 atom stereocenters. The maximum absolute atomic E-state index is 12.2. The van der Waals surface area contributed by atoms with Crippen LogP contribution in [0.5, 0.6) is 5.75 Å². The molecule has 1 heterocycles. The fraction of sp³-hybridized carbons (Fsp3) is 0.286. The van der Waals surface area contributed by atoms with Gasteiger partial charge in [-0.05, 0) is 36.8 Å². The van der Waals surface area contributed by atoms with E-state index in [0.717, 1.165) is 6.42 Å². The molecule has 0 saturated heterocycles. The summed E-state index contributed by atoms with van der Waals surface area (Å²) >= 11 is 0. The number of aromatic nitrogens is 1. The number of sulfonamides is 1. The second-order valence-corrected chi connectivity index (χ2v) is 6.23. The van der Waals surface area contributed by atoms with Gasteiger partial charge in [0, 0.05) is 24.1 Å². The standard InChI is InChI=1S/C14H19N3O3S/c1-2-7-20-13-5-3-11(4-6-13)17-21(18,19)14-8-12(9-15)16-10-14/h3-6,8,10,16-17H,2,7,9,15H2,1H3. The van der Waals surface area contributed by atoms with E-state index in [0.29, 0.717) is 23.7 Å². The molecule has 2 rings (SSSR count). The molecule has 0 aliphatic rings. The van der Waals surface area contributed by atoms with Crippen LogP contribution >= 0.6 is 0 Å². The number of hydrogen-bond donors (Lipinski definition) is 3. The number of nitrogens with two attached hydrogens (primary N) is 1. The number of H-pyrrole nitrogens is 1. The molecule has 6 nitrogen and oxygen atoms in total. The third-order valence-electron chi connectivity index (χ3n) is 2.83. The Bertz CT molecular complexity index is 678. The van der Waals surface area contributed by atoms with E-state index in [4.69, 9.17) is 10.5 Å². The van der Waals surface area contributed by atoms with Gasteiger partial charge in [-0.2, -0.15) is 0 Å². The number of anilines is 1. The van der Waals surface area contributed by atoms with Crippen molar-refractivity contribution in [2.45, 2.75) is 24.8 Å². The van der Waals surface area contributed by atoms with Crippen molar-refractivity contribution >= 4 is 15.7 Å². The average molecular weight is 309 g/mol. The van der Waals surface area contributed by atoms with E-state index >= 15 is 0 Å². The van der Waals surface area contributed by atoms with Gasteiger partial charge in [-0.25, -0.2) is 8.42 Å². The van der Waals surface area contributed by atoms with Gasteiger partial charge in [0.25, 0.3) is 10.0 Å². The quantitative estimate of drug-likeness (QED) is 0.729. The molecule has 0 saturated carbocycles. The first kappa shape index (κ1) is 15.4. The predicted molar refractivity (Wildman–Crippen MR) is 81.7 cm³/mol. The molecule has 0 radical (unpaired) electrons. The molecule has 0 bridgehead atoms. The lowest BCUT2D eigenvalue weighted by atomic mass is 10.3. The number of aromatic amines is 1. The van der Waals surface area contributed by atoms with Crippen molar-refractivity contribution in [3.05, 3.63) is 42.2 Å². The summed E-state index contributed by atoms with van der Waals surface area (Å²) in [4.78, 5) is 2.98. The minimum Gasteiger partial charge on any atom is -0.494 e. The minimum absolute atomic E-state index is 0.161. The highest BCUT2D eigenvalue weighted by atomic mass is 32.2. The third-order valence-corrected chi connectivity index (χ3v) is 4.19. The van der Waals surface area contributed by atoms with Crippen molar-refractivity contribution < 1.29 is 13.2 Å². The summed E-state index contributed by atoms with van der Waals surface area (Å²) in [5.41, 5.74) is 6.60. The summed E-state index contributed by atoms with van der Waals surface area (Å²) in [5.74, 6) is 0.715. The number of rotatable bonds is 7. The van der Waals surface area contributed by atoms with Crippen LogP contribution in [0.15, 0.2) is 41.4 Å². The summed E-state index contributed by atoms with van der Waals surface area (Å²) in [6, 6.07) is 8.31. The SMILES string of the molecule is CCCOc1ccc(NS(=O)(=O)c2c[nH]c(CN)c2)cc1. The van der Waals surface area contributed by atoms with Gasteiger partial charge in [-0.1, -0.05) is 6.92 Å². The van der Waals surface area contributed by atoms with E-state index in [1.165, 1.54) is 12.3 Å².